The molecule has 45 heavy (non-hydrogen) atoms. The van der Waals surface area contributed by atoms with E-state index in [4.69, 9.17) is 32.9 Å². The van der Waals surface area contributed by atoms with E-state index in [-0.39, 0.29) is 33.8 Å². The highest BCUT2D eigenvalue weighted by Crippen LogP contribution is 2.44. The number of aromatic nitrogens is 4. The number of nitrogens with zero attached hydrogens (tertiary/aromatic N) is 4. The third-order valence-corrected chi connectivity index (χ3v) is 10.8. The zero-order valence-electron chi connectivity index (χ0n) is 24.4. The summed E-state index contributed by atoms with van der Waals surface area (Å²) in [7, 11) is -3.66. The summed E-state index contributed by atoms with van der Waals surface area (Å²) in [6.45, 7) is 4.38. The molecule has 4 aromatic rings. The molecule has 1 aliphatic heterocycles. The van der Waals surface area contributed by atoms with Gasteiger partial charge in [0.25, 0.3) is 15.8 Å². The fourth-order valence-electron chi connectivity index (χ4n) is 5.02. The Labute approximate surface area is 273 Å². The molecule has 16 heteroatoms. The highest BCUT2D eigenvalue weighted by atomic mass is 35.5. The second-order valence-electron chi connectivity index (χ2n) is 10.8. The van der Waals surface area contributed by atoms with Crippen LogP contribution in [0, 0.1) is 0 Å². The van der Waals surface area contributed by atoms with Crippen LogP contribution in [0.2, 0.25) is 10.0 Å². The Balaban J connectivity index is 1.42. The van der Waals surface area contributed by atoms with Crippen molar-refractivity contribution in [3.05, 3.63) is 95.0 Å². The number of piperidine rings is 1. The van der Waals surface area contributed by atoms with Crippen molar-refractivity contribution in [2.75, 3.05) is 26.2 Å². The zero-order valence-corrected chi connectivity index (χ0v) is 27.5. The lowest BCUT2D eigenvalue weighted by Crippen LogP contribution is -2.44. The molecule has 3 heterocycles. The van der Waals surface area contributed by atoms with E-state index in [9.17, 15) is 22.8 Å². The molecule has 0 aliphatic carbocycles. The number of hydrogen-bond donors (Lipinski definition) is 2. The summed E-state index contributed by atoms with van der Waals surface area (Å²) in [5, 5.41) is 4.79. The van der Waals surface area contributed by atoms with Gasteiger partial charge in [-0.1, -0.05) is 60.0 Å². The Morgan fingerprint density at radius 3 is 2.40 bits per heavy atom. The molecule has 2 aromatic carbocycles. The third-order valence-electron chi connectivity index (χ3n) is 7.28. The monoisotopic (exact) mass is 692 g/mol. The number of benzene rings is 2. The number of nitrogens with one attached hydrogen (secondary N) is 2. The molecule has 1 aliphatic rings. The SMILES string of the molecule is CC(C)(c1nc(-c2ccccc2)c(C(=O)OCCNS(=O)(=O)N2CCCCC2)s1)c1c(Cl)cc(-n2ncc(=O)[nH]c2=O)cc1Cl. The van der Waals surface area contributed by atoms with E-state index >= 15 is 0 Å². The van der Waals surface area contributed by atoms with Crippen LogP contribution in [-0.2, 0) is 20.4 Å². The van der Waals surface area contributed by atoms with Crippen LogP contribution in [0.1, 0.15) is 53.4 Å². The van der Waals surface area contributed by atoms with E-state index in [1.54, 1.807) is 0 Å². The highest BCUT2D eigenvalue weighted by molar-refractivity contribution is 7.87. The second-order valence-corrected chi connectivity index (χ2v) is 14.4. The average molecular weight is 694 g/mol. The van der Waals surface area contributed by atoms with Gasteiger partial charge in [-0.3, -0.25) is 9.78 Å². The van der Waals surface area contributed by atoms with Crippen LogP contribution >= 0.6 is 34.5 Å². The van der Waals surface area contributed by atoms with Crippen LogP contribution in [0.3, 0.4) is 0 Å². The third kappa shape index (κ3) is 7.21. The van der Waals surface area contributed by atoms with Gasteiger partial charge in [0.15, 0.2) is 0 Å². The van der Waals surface area contributed by atoms with Crippen molar-refractivity contribution in [1.82, 2.24) is 28.8 Å². The van der Waals surface area contributed by atoms with E-state index in [2.05, 4.69) is 14.8 Å². The fourth-order valence-corrected chi connectivity index (χ4v) is 8.32. The van der Waals surface area contributed by atoms with Crippen LogP contribution < -0.4 is 16.0 Å². The van der Waals surface area contributed by atoms with Crippen molar-refractivity contribution in [3.8, 4) is 16.9 Å². The number of thiazole rings is 1. The quantitative estimate of drug-likeness (QED) is 0.185. The first-order chi connectivity index (χ1) is 21.4. The highest BCUT2D eigenvalue weighted by Gasteiger charge is 2.35. The van der Waals surface area contributed by atoms with Crippen molar-refractivity contribution in [2.45, 2.75) is 38.5 Å². The van der Waals surface area contributed by atoms with E-state index in [0.717, 1.165) is 41.5 Å². The number of halogens is 2. The van der Waals surface area contributed by atoms with Crippen molar-refractivity contribution >= 4 is 50.7 Å². The second kappa shape index (κ2) is 13.5. The molecule has 238 valence electrons. The smallest absolute Gasteiger partial charge is 0.350 e. The number of hydrogen-bond acceptors (Lipinski definition) is 9. The average Bonchev–Trinajstić information content (AvgIpc) is 3.47. The molecule has 1 fully saturated rings. The first-order valence-electron chi connectivity index (χ1n) is 14.1. The van der Waals surface area contributed by atoms with Gasteiger partial charge in [-0.15, -0.1) is 11.3 Å². The minimum atomic E-state index is -3.66. The normalized spacial score (nSPS) is 14.4. The first kappa shape index (κ1) is 33.0. The zero-order chi connectivity index (χ0) is 32.4. The van der Waals surface area contributed by atoms with Gasteiger partial charge in [0, 0.05) is 46.2 Å². The Morgan fingerprint density at radius 1 is 1.09 bits per heavy atom. The van der Waals surface area contributed by atoms with Gasteiger partial charge < -0.3 is 4.74 Å². The van der Waals surface area contributed by atoms with E-state index < -0.39 is 32.8 Å². The minimum Gasteiger partial charge on any atom is -0.460 e. The maximum atomic E-state index is 13.4. The summed E-state index contributed by atoms with van der Waals surface area (Å²) in [5.41, 5.74) is -0.497. The predicted octanol–water partition coefficient (Wildman–Crippen LogP) is 4.15. The van der Waals surface area contributed by atoms with Gasteiger partial charge in [0.2, 0.25) is 0 Å². The van der Waals surface area contributed by atoms with Crippen LogP contribution in [0.5, 0.6) is 0 Å². The molecule has 1 saturated heterocycles. The number of rotatable bonds is 10. The molecule has 0 unspecified atom stereocenters. The molecular weight excluding hydrogens is 663 g/mol. The molecule has 0 spiro atoms. The Hall–Kier alpha value is -3.40. The van der Waals surface area contributed by atoms with Gasteiger partial charge in [0.1, 0.15) is 22.7 Å². The van der Waals surface area contributed by atoms with Crippen molar-refractivity contribution in [3.63, 3.8) is 0 Å². The van der Waals surface area contributed by atoms with Gasteiger partial charge in [0.05, 0.1) is 11.4 Å². The molecule has 2 N–H and O–H groups in total. The van der Waals surface area contributed by atoms with Gasteiger partial charge in [-0.25, -0.2) is 14.6 Å². The number of ether oxygens (including phenoxy) is 1. The molecule has 5 rings (SSSR count). The number of aromatic amines is 1. The van der Waals surface area contributed by atoms with E-state index in [0.29, 0.717) is 34.9 Å². The van der Waals surface area contributed by atoms with Crippen molar-refractivity contribution in [2.24, 2.45) is 0 Å². The maximum absolute atomic E-state index is 13.4. The summed E-state index contributed by atoms with van der Waals surface area (Å²) in [6.07, 6.45) is 3.59. The molecular formula is C29H30Cl2N6O6S2. The number of carbonyl (C=O) groups excluding carboxylic acids is 1. The summed E-state index contributed by atoms with van der Waals surface area (Å²) >= 11 is 14.6. The minimum absolute atomic E-state index is 0.0762. The fraction of sp³-hybridized carbons (Fsp3) is 0.345. The molecule has 0 radical (unpaired) electrons. The van der Waals surface area contributed by atoms with Gasteiger partial charge in [-0.05, 0) is 38.8 Å². The molecule has 0 amide bonds. The summed E-state index contributed by atoms with van der Waals surface area (Å²) in [4.78, 5) is 44.3. The molecule has 2 aromatic heterocycles. The summed E-state index contributed by atoms with van der Waals surface area (Å²) in [5.74, 6) is -0.651. The van der Waals surface area contributed by atoms with Crippen molar-refractivity contribution in [1.29, 1.82) is 0 Å². The lowest BCUT2D eigenvalue weighted by atomic mass is 9.85. The van der Waals surface area contributed by atoms with Gasteiger partial charge in [-0.2, -0.15) is 27.2 Å². The Kier molecular flexibility index (Phi) is 9.91. The number of H-pyrrole nitrogens is 1. The number of carbonyl (C=O) groups is 1. The van der Waals surface area contributed by atoms with E-state index in [1.807, 2.05) is 44.2 Å². The predicted molar refractivity (Wildman–Crippen MR) is 173 cm³/mol. The van der Waals surface area contributed by atoms with E-state index in [1.165, 1.54) is 16.4 Å². The van der Waals surface area contributed by atoms with Crippen LogP contribution in [-0.4, -0.2) is 64.7 Å². The maximum Gasteiger partial charge on any atom is 0.350 e. The molecule has 12 nitrogen and oxygen atoms in total. The summed E-state index contributed by atoms with van der Waals surface area (Å²) < 4.78 is 35.6. The standard InChI is InChI=1S/C29H30Cl2N6O6S2/c1-29(2,23-20(30)15-19(16-21(23)31)37-28(40)34-22(38)17-32-37)27-35-24(18-9-5-3-6-10-18)25(44-27)26(39)43-14-11-33-45(41,42)36-12-7-4-8-13-36/h3,5-6,9-10,15-17,33H,4,7-8,11-14H2,1-2H3,(H,34,38,40). The Morgan fingerprint density at radius 2 is 1.76 bits per heavy atom. The summed E-state index contributed by atoms with van der Waals surface area (Å²) in [6, 6.07) is 12.1. The van der Waals surface area contributed by atoms with Crippen LogP contribution in [0.15, 0.2) is 58.3 Å². The lowest BCUT2D eigenvalue weighted by molar-refractivity contribution is 0.0519. The molecule has 0 saturated carbocycles. The molecule has 0 bridgehead atoms. The first-order valence-corrected chi connectivity index (χ1v) is 17.1. The number of esters is 1. The van der Waals surface area contributed by atoms with Crippen LogP contribution in [0.4, 0.5) is 0 Å². The van der Waals surface area contributed by atoms with Gasteiger partial charge >= 0.3 is 11.7 Å². The lowest BCUT2D eigenvalue weighted by Gasteiger charge is -2.26. The topological polar surface area (TPSA) is 156 Å². The van der Waals surface area contributed by atoms with Crippen LogP contribution in [0.25, 0.3) is 16.9 Å². The molecule has 0 atom stereocenters. The Bertz CT molecular complexity index is 1910. The largest absolute Gasteiger partial charge is 0.460 e. The van der Waals surface area contributed by atoms with Crippen molar-refractivity contribution < 1.29 is 17.9 Å².